The maximum atomic E-state index is 5.46. The minimum Gasteiger partial charge on any atom is -0.377 e. The van der Waals surface area contributed by atoms with Gasteiger partial charge in [0.05, 0.1) is 60.3 Å². The summed E-state index contributed by atoms with van der Waals surface area (Å²) in [4.78, 5) is 10.1. The van der Waals surface area contributed by atoms with E-state index >= 15 is 0 Å². The summed E-state index contributed by atoms with van der Waals surface area (Å²) in [5.41, 5.74) is 8.08. The second-order valence-electron chi connectivity index (χ2n) is 6.17. The molecule has 0 aromatic carbocycles. The highest BCUT2D eigenvalue weighted by molar-refractivity contribution is 7.19. The molecular formula is C16H16N9OS+. The Morgan fingerprint density at radius 1 is 1.37 bits per heavy atom. The van der Waals surface area contributed by atoms with Gasteiger partial charge in [-0.15, -0.1) is 11.3 Å². The Labute approximate surface area is 157 Å². The van der Waals surface area contributed by atoms with Crippen LogP contribution in [0, 0.1) is 0 Å². The molecule has 0 unspecified atom stereocenters. The van der Waals surface area contributed by atoms with Crippen LogP contribution in [-0.4, -0.2) is 43.2 Å². The average Bonchev–Trinajstić information content (AvgIpc) is 3.34. The number of hydrogen-bond acceptors (Lipinski definition) is 8. The van der Waals surface area contributed by atoms with Crippen molar-refractivity contribution in [2.24, 2.45) is 5.11 Å². The van der Waals surface area contributed by atoms with E-state index in [-0.39, 0.29) is 0 Å². The van der Waals surface area contributed by atoms with E-state index < -0.39 is 0 Å². The molecular weight excluding hydrogens is 366 g/mol. The van der Waals surface area contributed by atoms with E-state index in [0.29, 0.717) is 43.1 Å². The first-order chi connectivity index (χ1) is 13.3. The summed E-state index contributed by atoms with van der Waals surface area (Å²) in [5, 5.41) is 18.4. The zero-order chi connectivity index (χ0) is 18.2. The van der Waals surface area contributed by atoms with Crippen molar-refractivity contribution in [2.75, 3.05) is 18.5 Å². The van der Waals surface area contributed by atoms with Gasteiger partial charge in [0, 0.05) is 21.8 Å². The maximum Gasteiger partial charge on any atom is 0.261 e. The smallest absolute Gasteiger partial charge is 0.261 e. The Morgan fingerprint density at radius 2 is 2.30 bits per heavy atom. The SMILES string of the molecule is [NH2+]=Nc1ncc(-c2cnn(C3COC3)c2)nc1NCc1cc2[nH]ncc2s1. The van der Waals surface area contributed by atoms with Gasteiger partial charge < -0.3 is 10.1 Å². The standard InChI is InChI=1S/C16H15N9OS/c17-23-16-15(18-3-11-1-12-14(27-11)5-20-24-12)22-13(4-19-16)9-2-21-25(6-9)10-7-26-8-10/h1-2,4-6,10,17H,3,7-8H2,(H,18,22)(H,20,24)/p+1. The molecule has 4 N–H and O–H groups in total. The first kappa shape index (κ1) is 16.0. The fourth-order valence-electron chi connectivity index (χ4n) is 2.84. The highest BCUT2D eigenvalue weighted by Gasteiger charge is 2.21. The van der Waals surface area contributed by atoms with Crippen LogP contribution in [0.5, 0.6) is 0 Å². The fourth-order valence-corrected chi connectivity index (χ4v) is 3.76. The lowest BCUT2D eigenvalue weighted by Crippen LogP contribution is -2.30. The molecule has 4 aromatic heterocycles. The van der Waals surface area contributed by atoms with Crippen LogP contribution in [0.2, 0.25) is 0 Å². The number of thiophene rings is 1. The number of aromatic amines is 1. The van der Waals surface area contributed by atoms with Crippen LogP contribution in [-0.2, 0) is 11.3 Å². The quantitative estimate of drug-likeness (QED) is 0.431. The molecule has 1 aliphatic heterocycles. The van der Waals surface area contributed by atoms with Crippen LogP contribution in [0.15, 0.2) is 36.0 Å². The number of aromatic nitrogens is 6. The largest absolute Gasteiger partial charge is 0.377 e. The number of rotatable bonds is 6. The van der Waals surface area contributed by atoms with Gasteiger partial charge in [-0.05, 0) is 6.07 Å². The van der Waals surface area contributed by atoms with Crippen molar-refractivity contribution in [3.05, 3.63) is 35.7 Å². The number of nitrogens with zero attached hydrogens (tertiary/aromatic N) is 6. The van der Waals surface area contributed by atoms with E-state index in [2.05, 4.69) is 41.8 Å². The summed E-state index contributed by atoms with van der Waals surface area (Å²) in [5.74, 6) is 0.896. The monoisotopic (exact) mass is 382 g/mol. The van der Waals surface area contributed by atoms with Crippen molar-refractivity contribution in [1.29, 1.82) is 0 Å². The molecule has 0 aliphatic carbocycles. The van der Waals surface area contributed by atoms with E-state index in [1.54, 1.807) is 23.7 Å². The Bertz CT molecular complexity index is 1080. The summed E-state index contributed by atoms with van der Waals surface area (Å²) in [6, 6.07) is 2.35. The van der Waals surface area contributed by atoms with Crippen molar-refractivity contribution in [3.63, 3.8) is 0 Å². The molecule has 0 saturated carbocycles. The fraction of sp³-hybridized carbons (Fsp3) is 0.250. The van der Waals surface area contributed by atoms with Crippen molar-refractivity contribution in [3.8, 4) is 11.3 Å². The van der Waals surface area contributed by atoms with Gasteiger partial charge >= 0.3 is 0 Å². The Morgan fingerprint density at radius 3 is 3.07 bits per heavy atom. The molecule has 4 aromatic rings. The van der Waals surface area contributed by atoms with Gasteiger partial charge in [-0.1, -0.05) is 0 Å². The van der Waals surface area contributed by atoms with E-state index in [9.17, 15) is 0 Å². The number of ether oxygens (including phenoxy) is 1. The maximum absolute atomic E-state index is 5.46. The van der Waals surface area contributed by atoms with Gasteiger partial charge in [0.15, 0.2) is 5.82 Å². The number of nitrogens with two attached hydrogens (primary N) is 1. The summed E-state index contributed by atoms with van der Waals surface area (Å²) < 4.78 is 8.23. The van der Waals surface area contributed by atoms with Gasteiger partial charge in [-0.25, -0.2) is 9.97 Å². The van der Waals surface area contributed by atoms with Crippen molar-refractivity contribution < 1.29 is 10.3 Å². The normalized spacial score (nSPS) is 14.4. The minimum absolute atomic E-state index is 0.292. The van der Waals surface area contributed by atoms with E-state index in [4.69, 9.17) is 10.3 Å². The molecule has 1 fully saturated rings. The molecule has 0 bridgehead atoms. The zero-order valence-corrected chi connectivity index (χ0v) is 15.0. The molecule has 0 amide bonds. The molecule has 1 aliphatic rings. The first-order valence-corrected chi connectivity index (χ1v) is 9.17. The number of nitrogens with one attached hydrogen (secondary N) is 2. The summed E-state index contributed by atoms with van der Waals surface area (Å²) in [7, 11) is 0. The number of H-pyrrole nitrogens is 1. The molecule has 10 nitrogen and oxygen atoms in total. The zero-order valence-electron chi connectivity index (χ0n) is 14.2. The Balaban J connectivity index is 1.38. The molecule has 1 saturated heterocycles. The van der Waals surface area contributed by atoms with E-state index in [0.717, 1.165) is 20.7 Å². The molecule has 136 valence electrons. The summed E-state index contributed by atoms with van der Waals surface area (Å²) in [6.07, 6.45) is 7.19. The second-order valence-corrected chi connectivity index (χ2v) is 7.34. The van der Waals surface area contributed by atoms with Crippen LogP contribution >= 0.6 is 11.3 Å². The molecule has 5 heterocycles. The lowest BCUT2D eigenvalue weighted by Gasteiger charge is -2.25. The highest BCUT2D eigenvalue weighted by Crippen LogP contribution is 2.28. The third-order valence-corrected chi connectivity index (χ3v) is 5.45. The average molecular weight is 382 g/mol. The van der Waals surface area contributed by atoms with Crippen LogP contribution in [0.1, 0.15) is 10.9 Å². The number of hydrogen-bond donors (Lipinski definition) is 3. The van der Waals surface area contributed by atoms with Crippen LogP contribution in [0.25, 0.3) is 21.5 Å². The van der Waals surface area contributed by atoms with Crippen molar-refractivity contribution in [1.82, 2.24) is 29.9 Å². The highest BCUT2D eigenvalue weighted by atomic mass is 32.1. The minimum atomic E-state index is 0.292. The predicted octanol–water partition coefficient (Wildman–Crippen LogP) is 1.30. The van der Waals surface area contributed by atoms with E-state index in [1.807, 2.05) is 17.1 Å². The lowest BCUT2D eigenvalue weighted by atomic mass is 10.2. The number of fused-ring (bicyclic) bond motifs is 1. The molecule has 0 spiro atoms. The molecule has 27 heavy (non-hydrogen) atoms. The summed E-state index contributed by atoms with van der Waals surface area (Å²) in [6.45, 7) is 1.97. The van der Waals surface area contributed by atoms with Crippen LogP contribution in [0.4, 0.5) is 11.6 Å². The van der Waals surface area contributed by atoms with Crippen molar-refractivity contribution in [2.45, 2.75) is 12.6 Å². The number of anilines is 1. The predicted molar refractivity (Wildman–Crippen MR) is 98.4 cm³/mol. The Hall–Kier alpha value is -3.18. The molecule has 0 radical (unpaired) electrons. The van der Waals surface area contributed by atoms with Gasteiger partial charge in [-0.2, -0.15) is 15.7 Å². The Kier molecular flexibility index (Phi) is 3.87. The van der Waals surface area contributed by atoms with Gasteiger partial charge in [-0.3, -0.25) is 9.78 Å². The van der Waals surface area contributed by atoms with Gasteiger partial charge in [0.2, 0.25) is 0 Å². The molecule has 11 heteroatoms. The van der Waals surface area contributed by atoms with E-state index in [1.165, 1.54) is 0 Å². The first-order valence-electron chi connectivity index (χ1n) is 8.36. The third kappa shape index (κ3) is 2.96. The van der Waals surface area contributed by atoms with Crippen molar-refractivity contribution >= 4 is 33.2 Å². The summed E-state index contributed by atoms with van der Waals surface area (Å²) >= 11 is 1.66. The third-order valence-electron chi connectivity index (χ3n) is 4.38. The topological polar surface area (TPSA) is 131 Å². The molecule has 5 rings (SSSR count). The van der Waals surface area contributed by atoms with Gasteiger partial charge in [0.25, 0.3) is 5.82 Å². The second kappa shape index (κ2) is 6.52. The van der Waals surface area contributed by atoms with Gasteiger partial charge in [0.1, 0.15) is 0 Å². The lowest BCUT2D eigenvalue weighted by molar-refractivity contribution is -0.210. The van der Waals surface area contributed by atoms with Crippen LogP contribution < -0.4 is 10.8 Å². The van der Waals surface area contributed by atoms with Crippen LogP contribution in [0.3, 0.4) is 0 Å². The molecule has 0 atom stereocenters.